The zero-order valence-electron chi connectivity index (χ0n) is 17.4. The van der Waals surface area contributed by atoms with Crippen LogP contribution in [0, 0.1) is 13.8 Å². The molecule has 158 valence electrons. The SMILES string of the molecule is Cc1ccc(-c2sc(NC3CCCCC3)nc2C)cc1S(=O)NC1CCCNC1. The van der Waals surface area contributed by atoms with Crippen molar-refractivity contribution in [1.82, 2.24) is 15.0 Å². The maximum atomic E-state index is 13.0. The van der Waals surface area contributed by atoms with Crippen LogP contribution in [0.5, 0.6) is 0 Å². The predicted octanol–water partition coefficient (Wildman–Crippen LogP) is 4.54. The summed E-state index contributed by atoms with van der Waals surface area (Å²) in [5.74, 6) is 0. The highest BCUT2D eigenvalue weighted by molar-refractivity contribution is 7.83. The van der Waals surface area contributed by atoms with Crippen LogP contribution >= 0.6 is 11.3 Å². The third-order valence-corrected chi connectivity index (χ3v) is 8.47. The first-order valence-corrected chi connectivity index (χ1v) is 12.8. The van der Waals surface area contributed by atoms with Crippen LogP contribution in [0.1, 0.15) is 56.2 Å². The van der Waals surface area contributed by atoms with Crippen molar-refractivity contribution >= 4 is 27.5 Å². The number of nitrogens with one attached hydrogen (secondary N) is 3. The summed E-state index contributed by atoms with van der Waals surface area (Å²) in [6.07, 6.45) is 8.66. The average molecular weight is 433 g/mol. The molecule has 1 saturated heterocycles. The van der Waals surface area contributed by atoms with Crippen LogP contribution in [0.25, 0.3) is 10.4 Å². The van der Waals surface area contributed by atoms with Gasteiger partial charge in [-0.05, 0) is 63.3 Å². The predicted molar refractivity (Wildman–Crippen MR) is 123 cm³/mol. The summed E-state index contributed by atoms with van der Waals surface area (Å²) in [6.45, 7) is 6.05. The Labute approximate surface area is 180 Å². The van der Waals surface area contributed by atoms with E-state index in [2.05, 4.69) is 40.5 Å². The van der Waals surface area contributed by atoms with E-state index >= 15 is 0 Å². The summed E-state index contributed by atoms with van der Waals surface area (Å²) in [5, 5.41) is 8.03. The van der Waals surface area contributed by atoms with Crippen molar-refractivity contribution in [2.24, 2.45) is 0 Å². The number of anilines is 1. The molecule has 2 aliphatic rings. The molecule has 2 fully saturated rings. The van der Waals surface area contributed by atoms with Crippen molar-refractivity contribution in [2.75, 3.05) is 18.4 Å². The summed E-state index contributed by atoms with van der Waals surface area (Å²) < 4.78 is 16.3. The van der Waals surface area contributed by atoms with Gasteiger partial charge in [-0.1, -0.05) is 42.7 Å². The summed E-state index contributed by atoms with van der Waals surface area (Å²) in [4.78, 5) is 6.82. The van der Waals surface area contributed by atoms with Gasteiger partial charge in [0.15, 0.2) is 5.13 Å². The molecule has 0 amide bonds. The average Bonchev–Trinajstić information content (AvgIpc) is 3.10. The van der Waals surface area contributed by atoms with E-state index in [1.165, 1.54) is 37.0 Å². The largest absolute Gasteiger partial charge is 0.359 e. The van der Waals surface area contributed by atoms with Crippen molar-refractivity contribution in [2.45, 2.75) is 75.8 Å². The monoisotopic (exact) mass is 432 g/mol. The number of rotatable bonds is 6. The van der Waals surface area contributed by atoms with E-state index in [0.717, 1.165) is 52.8 Å². The molecular formula is C22H32N4OS2. The molecule has 2 heterocycles. The lowest BCUT2D eigenvalue weighted by Gasteiger charge is -2.23. The highest BCUT2D eigenvalue weighted by Gasteiger charge is 2.20. The zero-order chi connectivity index (χ0) is 20.2. The number of thiazole rings is 1. The second-order valence-electron chi connectivity index (χ2n) is 8.32. The number of aromatic nitrogens is 1. The van der Waals surface area contributed by atoms with E-state index in [9.17, 15) is 4.21 Å². The van der Waals surface area contributed by atoms with Crippen molar-refractivity contribution in [3.63, 3.8) is 0 Å². The van der Waals surface area contributed by atoms with Crippen LogP contribution in [-0.4, -0.2) is 34.4 Å². The third kappa shape index (κ3) is 5.26. The van der Waals surface area contributed by atoms with Crippen molar-refractivity contribution in [3.05, 3.63) is 29.5 Å². The molecule has 1 aromatic carbocycles. The van der Waals surface area contributed by atoms with Gasteiger partial charge >= 0.3 is 0 Å². The normalized spacial score (nSPS) is 21.8. The summed E-state index contributed by atoms with van der Waals surface area (Å²) in [6, 6.07) is 7.11. The molecule has 29 heavy (non-hydrogen) atoms. The van der Waals surface area contributed by atoms with Crippen LogP contribution in [0.3, 0.4) is 0 Å². The fourth-order valence-electron chi connectivity index (χ4n) is 4.26. The molecule has 2 unspecified atom stereocenters. The number of piperidine rings is 1. The van der Waals surface area contributed by atoms with Crippen LogP contribution in [0.4, 0.5) is 5.13 Å². The van der Waals surface area contributed by atoms with Gasteiger partial charge in [0.25, 0.3) is 0 Å². The molecule has 2 aromatic rings. The minimum atomic E-state index is -1.20. The Morgan fingerprint density at radius 1 is 1.10 bits per heavy atom. The van der Waals surface area contributed by atoms with Crippen molar-refractivity contribution in [3.8, 4) is 10.4 Å². The van der Waals surface area contributed by atoms with E-state index in [1.54, 1.807) is 11.3 Å². The molecule has 1 aliphatic carbocycles. The smallest absolute Gasteiger partial charge is 0.183 e. The standard InChI is InChI=1S/C22H32N4OS2/c1-15-10-11-17(13-20(15)29(27)26-19-9-6-12-23-14-19)21-16(2)24-22(28-21)25-18-7-4-3-5-8-18/h10-11,13,18-19,23,26H,3-9,12,14H2,1-2H3,(H,24,25). The molecule has 1 saturated carbocycles. The molecule has 2 atom stereocenters. The second kappa shape index (κ2) is 9.69. The fourth-order valence-corrected chi connectivity index (χ4v) is 6.52. The van der Waals surface area contributed by atoms with Gasteiger partial charge in [0.1, 0.15) is 11.0 Å². The lowest BCUT2D eigenvalue weighted by atomic mass is 9.96. The Morgan fingerprint density at radius 3 is 2.66 bits per heavy atom. The molecule has 0 spiro atoms. The third-order valence-electron chi connectivity index (χ3n) is 5.95. The topological polar surface area (TPSA) is 66.0 Å². The second-order valence-corrected chi connectivity index (χ2v) is 10.5. The first-order chi connectivity index (χ1) is 14.1. The molecule has 7 heteroatoms. The number of benzene rings is 1. The van der Waals surface area contributed by atoms with Crippen LogP contribution in [-0.2, 0) is 11.0 Å². The van der Waals surface area contributed by atoms with Crippen LogP contribution < -0.4 is 15.4 Å². The van der Waals surface area contributed by atoms with Gasteiger partial charge in [-0.25, -0.2) is 13.9 Å². The van der Waals surface area contributed by atoms with E-state index < -0.39 is 11.0 Å². The number of nitrogens with zero attached hydrogens (tertiary/aromatic N) is 1. The van der Waals surface area contributed by atoms with Gasteiger partial charge in [0.2, 0.25) is 0 Å². The lowest BCUT2D eigenvalue weighted by molar-refractivity contribution is 0.436. The first kappa shape index (κ1) is 21.0. The molecule has 0 radical (unpaired) electrons. The lowest BCUT2D eigenvalue weighted by Crippen LogP contribution is -2.43. The Balaban J connectivity index is 1.51. The van der Waals surface area contributed by atoms with Gasteiger partial charge in [0, 0.05) is 18.6 Å². The zero-order valence-corrected chi connectivity index (χ0v) is 19.1. The minimum absolute atomic E-state index is 0.268. The van der Waals surface area contributed by atoms with Crippen molar-refractivity contribution in [1.29, 1.82) is 0 Å². The van der Waals surface area contributed by atoms with E-state index in [4.69, 9.17) is 4.98 Å². The number of hydrogen-bond donors (Lipinski definition) is 3. The molecule has 1 aromatic heterocycles. The van der Waals surface area contributed by atoms with E-state index in [1.807, 2.05) is 6.92 Å². The molecule has 5 nitrogen and oxygen atoms in total. The van der Waals surface area contributed by atoms with Gasteiger partial charge in [-0.3, -0.25) is 0 Å². The molecular weight excluding hydrogens is 400 g/mol. The number of aryl methyl sites for hydroxylation is 2. The quantitative estimate of drug-likeness (QED) is 0.627. The van der Waals surface area contributed by atoms with Gasteiger partial charge < -0.3 is 10.6 Å². The summed E-state index contributed by atoms with van der Waals surface area (Å²) in [7, 11) is -1.20. The fraction of sp³-hybridized carbons (Fsp3) is 0.591. The Hall–Kier alpha value is -1.28. The van der Waals surface area contributed by atoms with E-state index in [0.29, 0.717) is 6.04 Å². The highest BCUT2D eigenvalue weighted by Crippen LogP contribution is 2.35. The van der Waals surface area contributed by atoms with Gasteiger partial charge in [-0.15, -0.1) is 0 Å². The maximum absolute atomic E-state index is 13.0. The minimum Gasteiger partial charge on any atom is -0.359 e. The maximum Gasteiger partial charge on any atom is 0.183 e. The Morgan fingerprint density at radius 2 is 1.90 bits per heavy atom. The molecule has 0 bridgehead atoms. The molecule has 3 N–H and O–H groups in total. The molecule has 1 aliphatic heterocycles. The summed E-state index contributed by atoms with van der Waals surface area (Å²) in [5.41, 5.74) is 3.21. The van der Waals surface area contributed by atoms with Gasteiger partial charge in [0.05, 0.1) is 15.5 Å². The van der Waals surface area contributed by atoms with Crippen LogP contribution in [0.2, 0.25) is 0 Å². The number of hydrogen-bond acceptors (Lipinski definition) is 5. The van der Waals surface area contributed by atoms with Crippen molar-refractivity contribution < 1.29 is 4.21 Å². The summed E-state index contributed by atoms with van der Waals surface area (Å²) >= 11 is 1.72. The Kier molecular flexibility index (Phi) is 7.00. The van der Waals surface area contributed by atoms with Gasteiger partial charge in [-0.2, -0.15) is 0 Å². The van der Waals surface area contributed by atoms with Crippen LogP contribution in [0.15, 0.2) is 23.1 Å². The first-order valence-electron chi connectivity index (χ1n) is 10.8. The molecule has 4 rings (SSSR count). The highest BCUT2D eigenvalue weighted by atomic mass is 32.2. The van der Waals surface area contributed by atoms with E-state index in [-0.39, 0.29) is 6.04 Å². The Bertz CT molecular complexity index is 854.